The van der Waals surface area contributed by atoms with Gasteiger partial charge < -0.3 is 9.64 Å². The van der Waals surface area contributed by atoms with Crippen molar-refractivity contribution in [1.29, 1.82) is 0 Å². The number of rotatable bonds is 1. The Morgan fingerprint density at radius 2 is 1.74 bits per heavy atom. The fraction of sp³-hybridized carbons (Fsp3) is 0.429. The Balaban J connectivity index is 0.000000550. The van der Waals surface area contributed by atoms with E-state index in [1.807, 2.05) is 23.1 Å². The van der Waals surface area contributed by atoms with Gasteiger partial charge in [0.1, 0.15) is 0 Å². The standard InChI is InChI=1S/C12H14N2OS.C2H6O/c15-11(10-6-2-1-3-7-10)13-12(16)14-8-4-5-9-14;1-3-2/h1-3,6-7H,4-5,8-9H2,(H,13,15,16);1-2H3. The van der Waals surface area contributed by atoms with Crippen LogP contribution in [0.3, 0.4) is 0 Å². The van der Waals surface area contributed by atoms with Gasteiger partial charge in [-0.25, -0.2) is 0 Å². The van der Waals surface area contributed by atoms with E-state index in [1.165, 1.54) is 0 Å². The van der Waals surface area contributed by atoms with E-state index in [1.54, 1.807) is 26.4 Å². The monoisotopic (exact) mass is 280 g/mol. The first-order chi connectivity index (χ1) is 9.19. The zero-order chi connectivity index (χ0) is 14.1. The molecule has 1 aliphatic heterocycles. The molecular formula is C14H20N2O2S. The molecule has 4 nitrogen and oxygen atoms in total. The van der Waals surface area contributed by atoms with Crippen molar-refractivity contribution in [1.82, 2.24) is 10.2 Å². The Morgan fingerprint density at radius 3 is 2.26 bits per heavy atom. The van der Waals surface area contributed by atoms with Gasteiger partial charge in [0.25, 0.3) is 5.91 Å². The molecule has 1 N–H and O–H groups in total. The van der Waals surface area contributed by atoms with E-state index >= 15 is 0 Å². The van der Waals surface area contributed by atoms with Crippen LogP contribution in [0.15, 0.2) is 30.3 Å². The fourth-order valence-corrected chi connectivity index (χ4v) is 2.03. The summed E-state index contributed by atoms with van der Waals surface area (Å²) in [4.78, 5) is 13.8. The molecule has 1 saturated heterocycles. The molecule has 1 heterocycles. The van der Waals surface area contributed by atoms with Crippen LogP contribution in [0.25, 0.3) is 0 Å². The summed E-state index contributed by atoms with van der Waals surface area (Å²) in [6, 6.07) is 9.13. The SMILES string of the molecule is COC.O=C(NC(=S)N1CCCC1)c1ccccc1. The highest BCUT2D eigenvalue weighted by Gasteiger charge is 2.16. The molecule has 1 fully saturated rings. The molecule has 104 valence electrons. The first kappa shape index (κ1) is 15.6. The molecule has 0 atom stereocenters. The number of likely N-dealkylation sites (tertiary alicyclic amines) is 1. The summed E-state index contributed by atoms with van der Waals surface area (Å²) < 4.78 is 4.25. The van der Waals surface area contributed by atoms with Crippen molar-refractivity contribution in [2.24, 2.45) is 0 Å². The quantitative estimate of drug-likeness (QED) is 0.800. The number of nitrogens with zero attached hydrogens (tertiary/aromatic N) is 1. The topological polar surface area (TPSA) is 41.6 Å². The number of ether oxygens (including phenoxy) is 1. The minimum Gasteiger partial charge on any atom is -0.388 e. The van der Waals surface area contributed by atoms with E-state index in [0.29, 0.717) is 10.7 Å². The van der Waals surface area contributed by atoms with Crippen LogP contribution < -0.4 is 5.32 Å². The van der Waals surface area contributed by atoms with Crippen molar-refractivity contribution in [3.05, 3.63) is 35.9 Å². The number of benzene rings is 1. The second-order valence-corrected chi connectivity index (χ2v) is 4.61. The average molecular weight is 280 g/mol. The smallest absolute Gasteiger partial charge is 0.257 e. The van der Waals surface area contributed by atoms with Crippen LogP contribution in [0.2, 0.25) is 0 Å². The molecule has 5 heteroatoms. The van der Waals surface area contributed by atoms with Crippen LogP contribution in [0.1, 0.15) is 23.2 Å². The van der Waals surface area contributed by atoms with Gasteiger partial charge >= 0.3 is 0 Å². The number of thiocarbonyl (C=S) groups is 1. The van der Waals surface area contributed by atoms with E-state index in [2.05, 4.69) is 10.1 Å². The molecule has 0 unspecified atom stereocenters. The molecule has 0 aromatic heterocycles. The summed E-state index contributed by atoms with van der Waals surface area (Å²) in [5.41, 5.74) is 0.643. The Labute approximate surface area is 119 Å². The van der Waals surface area contributed by atoms with Crippen molar-refractivity contribution in [2.45, 2.75) is 12.8 Å². The number of hydrogen-bond donors (Lipinski definition) is 1. The van der Waals surface area contributed by atoms with Crippen LogP contribution in [0.5, 0.6) is 0 Å². The number of hydrogen-bond acceptors (Lipinski definition) is 3. The van der Waals surface area contributed by atoms with Crippen LogP contribution in [-0.2, 0) is 4.74 Å². The second kappa shape index (κ2) is 8.61. The fourth-order valence-electron chi connectivity index (χ4n) is 1.76. The van der Waals surface area contributed by atoms with E-state index < -0.39 is 0 Å². The Hall–Kier alpha value is -1.46. The molecule has 0 aliphatic carbocycles. The van der Waals surface area contributed by atoms with Gasteiger partial charge in [0.2, 0.25) is 0 Å². The van der Waals surface area contributed by atoms with E-state index in [4.69, 9.17) is 12.2 Å². The summed E-state index contributed by atoms with van der Waals surface area (Å²) in [7, 11) is 3.25. The van der Waals surface area contributed by atoms with Gasteiger partial charge in [-0.1, -0.05) is 18.2 Å². The van der Waals surface area contributed by atoms with Crippen molar-refractivity contribution < 1.29 is 9.53 Å². The maximum Gasteiger partial charge on any atom is 0.257 e. The van der Waals surface area contributed by atoms with Crippen molar-refractivity contribution in [3.63, 3.8) is 0 Å². The minimum atomic E-state index is -0.127. The highest BCUT2D eigenvalue weighted by atomic mass is 32.1. The van der Waals surface area contributed by atoms with E-state index in [-0.39, 0.29) is 5.91 Å². The van der Waals surface area contributed by atoms with Crippen LogP contribution in [-0.4, -0.2) is 43.2 Å². The van der Waals surface area contributed by atoms with Crippen LogP contribution >= 0.6 is 12.2 Å². The lowest BCUT2D eigenvalue weighted by Gasteiger charge is -2.18. The predicted octanol–water partition coefficient (Wildman–Crippen LogP) is 2.06. The molecule has 1 aromatic carbocycles. The Kier molecular flexibility index (Phi) is 7.07. The third kappa shape index (κ3) is 5.36. The molecule has 0 bridgehead atoms. The summed E-state index contributed by atoms with van der Waals surface area (Å²) >= 11 is 5.18. The zero-order valence-electron chi connectivity index (χ0n) is 11.4. The van der Waals surface area contributed by atoms with Gasteiger partial charge in [-0.3, -0.25) is 10.1 Å². The number of methoxy groups -OCH3 is 1. The molecule has 1 aromatic rings. The predicted molar refractivity (Wildman–Crippen MR) is 80.2 cm³/mol. The van der Waals surface area contributed by atoms with Gasteiger partial charge in [-0.05, 0) is 37.2 Å². The van der Waals surface area contributed by atoms with E-state index in [0.717, 1.165) is 25.9 Å². The number of carbonyl (C=O) groups is 1. The van der Waals surface area contributed by atoms with Crippen LogP contribution in [0.4, 0.5) is 0 Å². The lowest BCUT2D eigenvalue weighted by Crippen LogP contribution is -2.41. The van der Waals surface area contributed by atoms with E-state index in [9.17, 15) is 4.79 Å². The summed E-state index contributed by atoms with van der Waals surface area (Å²) in [5.74, 6) is -0.127. The highest BCUT2D eigenvalue weighted by Crippen LogP contribution is 2.07. The molecule has 0 radical (unpaired) electrons. The van der Waals surface area contributed by atoms with Gasteiger partial charge in [0.05, 0.1) is 0 Å². The number of carbonyl (C=O) groups excluding carboxylic acids is 1. The maximum atomic E-state index is 11.8. The summed E-state index contributed by atoms with van der Waals surface area (Å²) in [6.07, 6.45) is 2.31. The molecular weight excluding hydrogens is 260 g/mol. The van der Waals surface area contributed by atoms with Gasteiger partial charge in [-0.2, -0.15) is 0 Å². The third-order valence-electron chi connectivity index (χ3n) is 2.65. The Morgan fingerprint density at radius 1 is 1.21 bits per heavy atom. The molecule has 2 rings (SSSR count). The molecule has 1 amide bonds. The van der Waals surface area contributed by atoms with Gasteiger partial charge in [0.15, 0.2) is 5.11 Å². The highest BCUT2D eigenvalue weighted by molar-refractivity contribution is 7.80. The first-order valence-corrected chi connectivity index (χ1v) is 6.65. The molecule has 0 saturated carbocycles. The van der Waals surface area contributed by atoms with Crippen molar-refractivity contribution >= 4 is 23.2 Å². The average Bonchev–Trinajstić information content (AvgIpc) is 2.94. The largest absolute Gasteiger partial charge is 0.388 e. The molecule has 1 aliphatic rings. The van der Waals surface area contributed by atoms with Gasteiger partial charge in [0, 0.05) is 32.9 Å². The van der Waals surface area contributed by atoms with Crippen molar-refractivity contribution in [2.75, 3.05) is 27.3 Å². The lowest BCUT2D eigenvalue weighted by molar-refractivity contribution is 0.0974. The molecule has 0 spiro atoms. The molecule has 19 heavy (non-hydrogen) atoms. The minimum absolute atomic E-state index is 0.127. The first-order valence-electron chi connectivity index (χ1n) is 6.24. The maximum absolute atomic E-state index is 11.8. The lowest BCUT2D eigenvalue weighted by atomic mass is 10.2. The normalized spacial score (nSPS) is 13.5. The third-order valence-corrected chi connectivity index (χ3v) is 3.01. The Bertz CT molecular complexity index is 403. The zero-order valence-corrected chi connectivity index (χ0v) is 12.2. The van der Waals surface area contributed by atoms with Crippen LogP contribution in [0, 0.1) is 0 Å². The summed E-state index contributed by atoms with van der Waals surface area (Å²) in [5, 5.41) is 3.30. The second-order valence-electron chi connectivity index (χ2n) is 4.23. The van der Waals surface area contributed by atoms with Crippen molar-refractivity contribution in [3.8, 4) is 0 Å². The van der Waals surface area contributed by atoms with Gasteiger partial charge in [-0.15, -0.1) is 0 Å². The number of nitrogens with one attached hydrogen (secondary N) is 1. The summed E-state index contributed by atoms with van der Waals surface area (Å²) in [6.45, 7) is 1.90. The number of amides is 1.